The van der Waals surface area contributed by atoms with Crippen molar-refractivity contribution in [3.63, 3.8) is 0 Å². The lowest BCUT2D eigenvalue weighted by molar-refractivity contribution is -0.118. The van der Waals surface area contributed by atoms with Gasteiger partial charge < -0.3 is 15.8 Å². The quantitative estimate of drug-likeness (QED) is 0.804. The van der Waals surface area contributed by atoms with Crippen LogP contribution in [0.5, 0.6) is 0 Å². The zero-order chi connectivity index (χ0) is 12.0. The van der Waals surface area contributed by atoms with E-state index in [1.807, 2.05) is 30.5 Å². The monoisotopic (exact) mass is 276 g/mol. The Morgan fingerprint density at radius 3 is 2.76 bits per heavy atom. The summed E-state index contributed by atoms with van der Waals surface area (Å²) in [5, 5.41) is 2.78. The van der Waals surface area contributed by atoms with E-state index < -0.39 is 6.04 Å². The van der Waals surface area contributed by atoms with E-state index in [9.17, 15) is 4.79 Å². The Morgan fingerprint density at radius 1 is 1.53 bits per heavy atom. The number of carbonyl (C=O) groups is 1. The average molecular weight is 277 g/mol. The number of hydrogen-bond acceptors (Lipinski definition) is 4. The standard InChI is InChI=1S/C11H16N2O2S.ClH/c1-15-7-8(12)11(14)13-9-5-3-4-6-10(9)16-2;/h3-6,8H,7,12H2,1-2H3,(H,13,14);1H. The van der Waals surface area contributed by atoms with Crippen LogP contribution in [-0.2, 0) is 9.53 Å². The first-order valence-corrected chi connectivity index (χ1v) is 6.10. The average Bonchev–Trinajstić information content (AvgIpc) is 2.30. The van der Waals surface area contributed by atoms with Crippen LogP contribution in [0.15, 0.2) is 29.2 Å². The number of rotatable bonds is 5. The van der Waals surface area contributed by atoms with Crippen molar-refractivity contribution in [2.75, 3.05) is 25.3 Å². The number of anilines is 1. The Morgan fingerprint density at radius 2 is 2.18 bits per heavy atom. The molecule has 1 aromatic rings. The van der Waals surface area contributed by atoms with Gasteiger partial charge in [0.1, 0.15) is 6.04 Å². The summed E-state index contributed by atoms with van der Waals surface area (Å²) < 4.78 is 4.83. The van der Waals surface area contributed by atoms with Crippen LogP contribution in [0.25, 0.3) is 0 Å². The lowest BCUT2D eigenvalue weighted by Gasteiger charge is -2.13. The third-order valence-corrected chi connectivity index (χ3v) is 2.84. The number of halogens is 1. The lowest BCUT2D eigenvalue weighted by atomic mass is 10.2. The molecule has 17 heavy (non-hydrogen) atoms. The molecule has 0 spiro atoms. The molecule has 0 aliphatic heterocycles. The van der Waals surface area contributed by atoms with Crippen LogP contribution in [0.4, 0.5) is 5.69 Å². The zero-order valence-corrected chi connectivity index (χ0v) is 11.4. The van der Waals surface area contributed by atoms with Crippen LogP contribution in [0.2, 0.25) is 0 Å². The van der Waals surface area contributed by atoms with Gasteiger partial charge in [0.2, 0.25) is 5.91 Å². The van der Waals surface area contributed by atoms with Crippen molar-refractivity contribution in [2.45, 2.75) is 10.9 Å². The molecule has 0 aliphatic carbocycles. The van der Waals surface area contributed by atoms with Crippen LogP contribution in [0.1, 0.15) is 0 Å². The van der Waals surface area contributed by atoms with E-state index in [0.717, 1.165) is 10.6 Å². The van der Waals surface area contributed by atoms with Gasteiger partial charge in [-0.2, -0.15) is 0 Å². The molecule has 1 atom stereocenters. The summed E-state index contributed by atoms with van der Waals surface area (Å²) in [5.41, 5.74) is 6.41. The summed E-state index contributed by atoms with van der Waals surface area (Å²) in [6.45, 7) is 0.216. The predicted molar refractivity (Wildman–Crippen MR) is 74.0 cm³/mol. The molecular weight excluding hydrogens is 260 g/mol. The minimum Gasteiger partial charge on any atom is -0.383 e. The highest BCUT2D eigenvalue weighted by molar-refractivity contribution is 7.98. The van der Waals surface area contributed by atoms with Crippen molar-refractivity contribution in [3.8, 4) is 0 Å². The van der Waals surface area contributed by atoms with Gasteiger partial charge in [-0.25, -0.2) is 0 Å². The summed E-state index contributed by atoms with van der Waals surface area (Å²) in [4.78, 5) is 12.7. The van der Waals surface area contributed by atoms with Gasteiger partial charge in [-0.15, -0.1) is 24.2 Å². The fourth-order valence-corrected chi connectivity index (χ4v) is 1.78. The topological polar surface area (TPSA) is 64.3 Å². The molecular formula is C11H17ClN2O2S. The van der Waals surface area contributed by atoms with Gasteiger partial charge in [0.25, 0.3) is 0 Å². The molecule has 0 fully saturated rings. The van der Waals surface area contributed by atoms with E-state index in [1.54, 1.807) is 11.8 Å². The number of nitrogens with one attached hydrogen (secondary N) is 1. The van der Waals surface area contributed by atoms with E-state index in [2.05, 4.69) is 5.32 Å². The Labute approximate surface area is 112 Å². The largest absolute Gasteiger partial charge is 0.383 e. The van der Waals surface area contributed by atoms with Crippen molar-refractivity contribution >= 4 is 35.8 Å². The van der Waals surface area contributed by atoms with Gasteiger partial charge in [0.15, 0.2) is 0 Å². The van der Waals surface area contributed by atoms with Crippen LogP contribution in [0.3, 0.4) is 0 Å². The number of ether oxygens (including phenoxy) is 1. The molecule has 0 heterocycles. The fraction of sp³-hybridized carbons (Fsp3) is 0.364. The van der Waals surface area contributed by atoms with Gasteiger partial charge in [0.05, 0.1) is 12.3 Å². The number of benzene rings is 1. The first kappa shape index (κ1) is 16.2. The molecule has 0 saturated heterocycles. The maximum atomic E-state index is 11.6. The summed E-state index contributed by atoms with van der Waals surface area (Å²) in [7, 11) is 1.52. The van der Waals surface area contributed by atoms with Crippen LogP contribution < -0.4 is 11.1 Å². The van der Waals surface area contributed by atoms with Crippen molar-refractivity contribution < 1.29 is 9.53 Å². The van der Waals surface area contributed by atoms with Crippen LogP contribution >= 0.6 is 24.2 Å². The third-order valence-electron chi connectivity index (χ3n) is 2.05. The van der Waals surface area contributed by atoms with Crippen molar-refractivity contribution in [1.29, 1.82) is 0 Å². The van der Waals surface area contributed by atoms with E-state index in [4.69, 9.17) is 10.5 Å². The Bertz CT molecular complexity index is 363. The number of carbonyl (C=O) groups excluding carboxylic acids is 1. The van der Waals surface area contributed by atoms with E-state index in [0.29, 0.717) is 0 Å². The molecule has 1 amide bonds. The summed E-state index contributed by atoms with van der Waals surface area (Å²) in [5.74, 6) is -0.233. The summed E-state index contributed by atoms with van der Waals surface area (Å²) in [6.07, 6.45) is 1.96. The number of amides is 1. The number of nitrogens with two attached hydrogens (primary N) is 1. The normalized spacial score (nSPS) is 11.5. The first-order valence-electron chi connectivity index (χ1n) is 4.87. The minimum absolute atomic E-state index is 0. The zero-order valence-electron chi connectivity index (χ0n) is 9.80. The van der Waals surface area contributed by atoms with Gasteiger partial charge in [-0.05, 0) is 18.4 Å². The molecule has 3 N–H and O–H groups in total. The highest BCUT2D eigenvalue weighted by Crippen LogP contribution is 2.24. The van der Waals surface area contributed by atoms with Crippen LogP contribution in [0, 0.1) is 0 Å². The van der Waals surface area contributed by atoms with Gasteiger partial charge in [-0.1, -0.05) is 12.1 Å². The number of methoxy groups -OCH3 is 1. The number of thioether (sulfide) groups is 1. The van der Waals surface area contributed by atoms with Crippen molar-refractivity contribution in [2.24, 2.45) is 5.73 Å². The smallest absolute Gasteiger partial charge is 0.243 e. The molecule has 0 bridgehead atoms. The van der Waals surface area contributed by atoms with E-state index in [-0.39, 0.29) is 24.9 Å². The Hall–Kier alpha value is -0.750. The van der Waals surface area contributed by atoms with Gasteiger partial charge in [-0.3, -0.25) is 4.79 Å². The molecule has 1 unspecified atom stereocenters. The van der Waals surface area contributed by atoms with Crippen molar-refractivity contribution in [3.05, 3.63) is 24.3 Å². The van der Waals surface area contributed by atoms with Crippen LogP contribution in [-0.4, -0.2) is 31.9 Å². The summed E-state index contributed by atoms with van der Waals surface area (Å²) >= 11 is 1.58. The highest BCUT2D eigenvalue weighted by Gasteiger charge is 2.14. The SMILES string of the molecule is COCC(N)C(=O)Nc1ccccc1SC.Cl. The second kappa shape index (κ2) is 8.36. The maximum Gasteiger partial charge on any atom is 0.243 e. The second-order valence-electron chi connectivity index (χ2n) is 3.25. The lowest BCUT2D eigenvalue weighted by Crippen LogP contribution is -2.39. The van der Waals surface area contributed by atoms with Crippen molar-refractivity contribution in [1.82, 2.24) is 0 Å². The molecule has 1 rings (SSSR count). The predicted octanol–water partition coefficient (Wildman–Crippen LogP) is 1.74. The number of hydrogen-bond donors (Lipinski definition) is 2. The maximum absolute atomic E-state index is 11.6. The molecule has 6 heteroatoms. The molecule has 96 valence electrons. The van der Waals surface area contributed by atoms with Gasteiger partial charge in [0, 0.05) is 12.0 Å². The van der Waals surface area contributed by atoms with Gasteiger partial charge >= 0.3 is 0 Å². The highest BCUT2D eigenvalue weighted by atomic mass is 35.5. The fourth-order valence-electron chi connectivity index (χ4n) is 1.23. The Kier molecular flexibility index (Phi) is 7.99. The molecule has 0 aromatic heterocycles. The third kappa shape index (κ3) is 4.95. The molecule has 0 saturated carbocycles. The molecule has 4 nitrogen and oxygen atoms in total. The minimum atomic E-state index is -0.639. The van der Waals surface area contributed by atoms with E-state index in [1.165, 1.54) is 7.11 Å². The Balaban J connectivity index is 0.00000256. The van der Waals surface area contributed by atoms with E-state index >= 15 is 0 Å². The number of para-hydroxylation sites is 1. The molecule has 0 radical (unpaired) electrons. The molecule has 1 aromatic carbocycles. The second-order valence-corrected chi connectivity index (χ2v) is 4.10. The summed E-state index contributed by atoms with van der Waals surface area (Å²) in [6, 6.07) is 6.96. The molecule has 0 aliphatic rings. The first-order chi connectivity index (χ1) is 7.69.